The van der Waals surface area contributed by atoms with E-state index in [9.17, 15) is 18.3 Å². The van der Waals surface area contributed by atoms with Crippen molar-refractivity contribution in [1.82, 2.24) is 10.2 Å². The second-order valence-electron chi connectivity index (χ2n) is 6.97. The van der Waals surface area contributed by atoms with E-state index in [1.165, 1.54) is 0 Å². The van der Waals surface area contributed by atoms with E-state index in [0.717, 1.165) is 12.8 Å². The molecule has 6 nitrogen and oxygen atoms in total. The van der Waals surface area contributed by atoms with Gasteiger partial charge in [-0.3, -0.25) is 9.69 Å². The Bertz CT molecular complexity index is 522. The first kappa shape index (κ1) is 14.3. The van der Waals surface area contributed by atoms with Gasteiger partial charge in [-0.25, -0.2) is 8.42 Å². The maximum atomic E-state index is 12.0. The number of carbonyl (C=O) groups excluding carboxylic acids is 1. The van der Waals surface area contributed by atoms with Crippen molar-refractivity contribution in [3.05, 3.63) is 0 Å². The highest BCUT2D eigenvalue weighted by atomic mass is 32.2. The van der Waals surface area contributed by atoms with Crippen molar-refractivity contribution >= 4 is 15.7 Å². The number of nitrogens with one attached hydrogen (secondary N) is 1. The molecule has 0 radical (unpaired) electrons. The monoisotopic (exact) mass is 302 g/mol. The van der Waals surface area contributed by atoms with Crippen LogP contribution in [0.3, 0.4) is 0 Å². The standard InChI is InChI=1S/C13H22N2O4S/c1-12(4-5-20(18,19)9-12)14-11(16)6-15-7-13(17,8-15)10-2-3-10/h10,17H,2-9H2,1H3,(H,14,16). The van der Waals surface area contributed by atoms with Crippen LogP contribution in [-0.2, 0) is 14.6 Å². The molecular weight excluding hydrogens is 280 g/mol. The minimum Gasteiger partial charge on any atom is -0.387 e. The van der Waals surface area contributed by atoms with Crippen molar-refractivity contribution < 1.29 is 18.3 Å². The van der Waals surface area contributed by atoms with Gasteiger partial charge >= 0.3 is 0 Å². The van der Waals surface area contributed by atoms with Gasteiger partial charge in [0.05, 0.1) is 29.2 Å². The maximum absolute atomic E-state index is 12.0. The van der Waals surface area contributed by atoms with Crippen LogP contribution in [0.2, 0.25) is 0 Å². The lowest BCUT2D eigenvalue weighted by atomic mass is 9.89. The van der Waals surface area contributed by atoms with Crippen LogP contribution < -0.4 is 5.32 Å². The number of rotatable bonds is 4. The van der Waals surface area contributed by atoms with Gasteiger partial charge in [0.2, 0.25) is 5.91 Å². The summed E-state index contributed by atoms with van der Waals surface area (Å²) >= 11 is 0. The molecule has 0 aromatic rings. The zero-order chi connectivity index (χ0) is 14.6. The second kappa shape index (κ2) is 4.42. The summed E-state index contributed by atoms with van der Waals surface area (Å²) < 4.78 is 23.0. The van der Waals surface area contributed by atoms with Gasteiger partial charge in [0.15, 0.2) is 9.84 Å². The molecule has 0 aromatic carbocycles. The summed E-state index contributed by atoms with van der Waals surface area (Å²) in [5, 5.41) is 13.0. The van der Waals surface area contributed by atoms with Crippen LogP contribution in [0.4, 0.5) is 0 Å². The van der Waals surface area contributed by atoms with Crippen LogP contribution in [0.15, 0.2) is 0 Å². The van der Waals surface area contributed by atoms with Gasteiger partial charge in [-0.2, -0.15) is 0 Å². The molecule has 3 fully saturated rings. The number of hydrogen-bond donors (Lipinski definition) is 2. The molecule has 1 saturated carbocycles. The van der Waals surface area contributed by atoms with Crippen molar-refractivity contribution in [1.29, 1.82) is 0 Å². The fourth-order valence-electron chi connectivity index (χ4n) is 3.41. The molecule has 1 unspecified atom stereocenters. The Hall–Kier alpha value is -0.660. The SMILES string of the molecule is CC1(NC(=O)CN2CC(O)(C3CC3)C2)CCS(=O)(=O)C1. The largest absolute Gasteiger partial charge is 0.387 e. The molecule has 114 valence electrons. The van der Waals surface area contributed by atoms with Crippen molar-refractivity contribution in [3.8, 4) is 0 Å². The summed E-state index contributed by atoms with van der Waals surface area (Å²) in [4.78, 5) is 13.9. The maximum Gasteiger partial charge on any atom is 0.234 e. The van der Waals surface area contributed by atoms with Crippen molar-refractivity contribution in [2.45, 2.75) is 37.3 Å². The van der Waals surface area contributed by atoms with E-state index in [1.54, 1.807) is 6.92 Å². The lowest BCUT2D eigenvalue weighted by Crippen LogP contribution is -2.65. The summed E-state index contributed by atoms with van der Waals surface area (Å²) in [6.45, 7) is 3.14. The summed E-state index contributed by atoms with van der Waals surface area (Å²) in [7, 11) is -3.01. The van der Waals surface area contributed by atoms with Gasteiger partial charge < -0.3 is 10.4 Å². The molecule has 0 bridgehead atoms. The zero-order valence-corrected chi connectivity index (χ0v) is 12.6. The zero-order valence-electron chi connectivity index (χ0n) is 11.8. The van der Waals surface area contributed by atoms with Crippen molar-refractivity contribution in [2.75, 3.05) is 31.1 Å². The molecule has 1 atom stereocenters. The predicted molar refractivity (Wildman–Crippen MR) is 73.9 cm³/mol. The van der Waals surface area contributed by atoms with Crippen molar-refractivity contribution in [3.63, 3.8) is 0 Å². The van der Waals surface area contributed by atoms with E-state index >= 15 is 0 Å². The van der Waals surface area contributed by atoms with E-state index < -0.39 is 21.0 Å². The van der Waals surface area contributed by atoms with Crippen LogP contribution in [0.5, 0.6) is 0 Å². The van der Waals surface area contributed by atoms with E-state index in [2.05, 4.69) is 5.32 Å². The lowest BCUT2D eigenvalue weighted by molar-refractivity contribution is -0.137. The molecule has 0 aromatic heterocycles. The van der Waals surface area contributed by atoms with Gasteiger partial charge in [-0.1, -0.05) is 0 Å². The number of likely N-dealkylation sites (tertiary alicyclic amines) is 1. The summed E-state index contributed by atoms with van der Waals surface area (Å²) in [6, 6.07) is 0. The third-order valence-electron chi connectivity index (χ3n) is 4.64. The smallest absolute Gasteiger partial charge is 0.234 e. The second-order valence-corrected chi connectivity index (χ2v) is 9.16. The van der Waals surface area contributed by atoms with Gasteiger partial charge in [0, 0.05) is 13.1 Å². The van der Waals surface area contributed by atoms with Gasteiger partial charge in [0.25, 0.3) is 0 Å². The van der Waals surface area contributed by atoms with Gasteiger partial charge in [-0.05, 0) is 32.1 Å². The molecule has 3 rings (SSSR count). The molecule has 20 heavy (non-hydrogen) atoms. The quantitative estimate of drug-likeness (QED) is 0.705. The van der Waals surface area contributed by atoms with E-state index in [0.29, 0.717) is 25.4 Å². The van der Waals surface area contributed by atoms with Crippen LogP contribution >= 0.6 is 0 Å². The summed E-state index contributed by atoms with van der Waals surface area (Å²) in [5.74, 6) is 0.439. The Morgan fingerprint density at radius 3 is 2.55 bits per heavy atom. The third kappa shape index (κ3) is 2.84. The molecule has 2 heterocycles. The highest BCUT2D eigenvalue weighted by molar-refractivity contribution is 7.91. The number of carbonyl (C=O) groups is 1. The first-order valence-electron chi connectivity index (χ1n) is 7.16. The Morgan fingerprint density at radius 2 is 2.05 bits per heavy atom. The van der Waals surface area contributed by atoms with Crippen LogP contribution in [-0.4, -0.2) is 66.6 Å². The molecule has 3 aliphatic rings. The highest BCUT2D eigenvalue weighted by Crippen LogP contribution is 2.44. The highest BCUT2D eigenvalue weighted by Gasteiger charge is 2.52. The number of β-amino-alcohol motifs (C(OH)–C–C–N with tert-alkyl or cyclic N) is 1. The number of aliphatic hydroxyl groups is 1. The molecule has 0 spiro atoms. The predicted octanol–water partition coefficient (Wildman–Crippen LogP) is -0.863. The Labute approximate surface area is 119 Å². The number of amides is 1. The minimum absolute atomic E-state index is 0.0255. The first-order valence-corrected chi connectivity index (χ1v) is 8.98. The molecular formula is C13H22N2O4S. The fraction of sp³-hybridized carbons (Fsp3) is 0.923. The van der Waals surface area contributed by atoms with Crippen molar-refractivity contribution in [2.24, 2.45) is 5.92 Å². The average molecular weight is 302 g/mol. The molecule has 2 N–H and O–H groups in total. The number of hydrogen-bond acceptors (Lipinski definition) is 5. The third-order valence-corrected chi connectivity index (χ3v) is 6.55. The summed E-state index contributed by atoms with van der Waals surface area (Å²) in [5.41, 5.74) is -1.21. The number of sulfone groups is 1. The van der Waals surface area contributed by atoms with E-state index in [4.69, 9.17) is 0 Å². The van der Waals surface area contributed by atoms with Crippen LogP contribution in [0.1, 0.15) is 26.2 Å². The topological polar surface area (TPSA) is 86.7 Å². The Kier molecular flexibility index (Phi) is 3.15. The minimum atomic E-state index is -3.01. The molecule has 2 aliphatic heterocycles. The Balaban J connectivity index is 1.47. The molecule has 7 heteroatoms. The van der Waals surface area contributed by atoms with Crippen LogP contribution in [0, 0.1) is 5.92 Å². The first-order chi connectivity index (χ1) is 9.20. The molecule has 1 amide bonds. The normalized spacial score (nSPS) is 35.5. The van der Waals surface area contributed by atoms with Gasteiger partial charge in [-0.15, -0.1) is 0 Å². The molecule has 2 saturated heterocycles. The fourth-order valence-corrected chi connectivity index (χ4v) is 5.50. The average Bonchev–Trinajstić information content (AvgIpc) is 3.03. The molecule has 1 aliphatic carbocycles. The lowest BCUT2D eigenvalue weighted by Gasteiger charge is -2.46. The number of nitrogens with zero attached hydrogens (tertiary/aromatic N) is 1. The van der Waals surface area contributed by atoms with E-state index in [-0.39, 0.29) is 24.0 Å². The van der Waals surface area contributed by atoms with E-state index in [1.807, 2.05) is 4.90 Å². The Morgan fingerprint density at radius 1 is 1.40 bits per heavy atom. The van der Waals surface area contributed by atoms with Crippen LogP contribution in [0.25, 0.3) is 0 Å². The summed E-state index contributed by atoms with van der Waals surface area (Å²) in [6.07, 6.45) is 2.66. The van der Waals surface area contributed by atoms with Gasteiger partial charge in [0.1, 0.15) is 0 Å².